The molecule has 6 heteroatoms. The van der Waals surface area contributed by atoms with Crippen LogP contribution in [0.4, 0.5) is 0 Å². The van der Waals surface area contributed by atoms with Crippen LogP contribution < -0.4 is 11.5 Å². The van der Waals surface area contributed by atoms with E-state index in [1.807, 2.05) is 0 Å². The maximum atomic E-state index is 5.52. The van der Waals surface area contributed by atoms with Crippen molar-refractivity contribution < 1.29 is 17.9 Å². The summed E-state index contributed by atoms with van der Waals surface area (Å²) in [5.74, 6) is 0. The van der Waals surface area contributed by atoms with E-state index < -0.39 is 0 Å². The van der Waals surface area contributed by atoms with Crippen molar-refractivity contribution in [3.63, 3.8) is 0 Å². The zero-order valence-corrected chi connectivity index (χ0v) is 21.2. The number of halogens is 1. The molecule has 0 unspecified atom stereocenters. The fourth-order valence-electron chi connectivity index (χ4n) is 2.52. The average molecular weight is 552 g/mol. The normalized spacial score (nSPS) is 11.2. The van der Waals surface area contributed by atoms with Gasteiger partial charge in [0.1, 0.15) is 0 Å². The second kappa shape index (κ2) is 19.0. The summed E-state index contributed by atoms with van der Waals surface area (Å²) in [6.45, 7) is 20.2. The quantitative estimate of drug-likeness (QED) is 0.432. The van der Waals surface area contributed by atoms with Crippen LogP contribution in [-0.4, -0.2) is 48.0 Å². The molecule has 142 valence electrons. The van der Waals surface area contributed by atoms with Gasteiger partial charge in [-0.1, -0.05) is 55.4 Å². The van der Waals surface area contributed by atoms with Gasteiger partial charge in [-0.2, -0.15) is 0 Å². The molecule has 0 saturated carbocycles. The van der Waals surface area contributed by atoms with E-state index in [1.165, 1.54) is 30.2 Å². The van der Waals surface area contributed by atoms with Gasteiger partial charge in [-0.05, 0) is 48.0 Å². The molecule has 22 heavy (non-hydrogen) atoms. The minimum atomic E-state index is 0.196. The third-order valence-electron chi connectivity index (χ3n) is 3.43. The molecule has 0 aromatic carbocycles. The molecule has 0 rings (SSSR count). The molecule has 0 heterocycles. The molecular weight excluding hydrogens is 510 g/mol. The molecule has 0 aromatic rings. The van der Waals surface area contributed by atoms with E-state index in [0.717, 1.165) is 35.7 Å². The molecule has 0 bridgehead atoms. The molecule has 0 amide bonds. The zero-order valence-electron chi connectivity index (χ0n) is 15.9. The van der Waals surface area contributed by atoms with Crippen molar-refractivity contribution in [1.82, 2.24) is 0 Å². The molecule has 0 fully saturated rings. The molecular formula is C16H42ClIrN2P2. The van der Waals surface area contributed by atoms with Gasteiger partial charge >= 0.3 is 27.5 Å². The first kappa shape index (κ1) is 28.5. The van der Waals surface area contributed by atoms with E-state index in [4.69, 9.17) is 21.1 Å². The monoisotopic (exact) mass is 552 g/mol. The first-order chi connectivity index (χ1) is 10.2. The summed E-state index contributed by atoms with van der Waals surface area (Å²) < 4.78 is 0. The number of rotatable bonds is 8. The van der Waals surface area contributed by atoms with Gasteiger partial charge in [-0.15, -0.1) is 15.8 Å². The third kappa shape index (κ3) is 16.6. The summed E-state index contributed by atoms with van der Waals surface area (Å²) >= 11 is 1.19. The van der Waals surface area contributed by atoms with Gasteiger partial charge < -0.3 is 11.5 Å². The first-order valence-electron chi connectivity index (χ1n) is 8.24. The van der Waals surface area contributed by atoms with Crippen molar-refractivity contribution in [3.05, 3.63) is 0 Å². The van der Waals surface area contributed by atoms with Crippen molar-refractivity contribution in [3.8, 4) is 0 Å². The predicted molar refractivity (Wildman–Crippen MR) is 111 cm³/mol. The Morgan fingerprint density at radius 1 is 0.636 bits per heavy atom. The summed E-state index contributed by atoms with van der Waals surface area (Å²) in [6, 6.07) is 0. The van der Waals surface area contributed by atoms with Gasteiger partial charge in [0, 0.05) is 0 Å². The van der Waals surface area contributed by atoms with E-state index >= 15 is 0 Å². The second-order valence-corrected chi connectivity index (χ2v) is 13.5. The van der Waals surface area contributed by atoms with Crippen LogP contribution >= 0.6 is 25.4 Å². The molecule has 2 nitrogen and oxygen atoms in total. The Morgan fingerprint density at radius 2 is 0.818 bits per heavy atom. The Bertz CT molecular complexity index is 180. The topological polar surface area (TPSA) is 52.0 Å². The number of hydrogen-bond acceptors (Lipinski definition) is 2. The average Bonchev–Trinajstić information content (AvgIpc) is 2.43. The molecule has 0 atom stereocenters. The van der Waals surface area contributed by atoms with Gasteiger partial charge in [0.05, 0.1) is 0 Å². The molecule has 0 radical (unpaired) electrons. The van der Waals surface area contributed by atoms with Crippen molar-refractivity contribution >= 4 is 25.4 Å². The van der Waals surface area contributed by atoms with E-state index in [2.05, 4.69) is 55.4 Å². The minimum absolute atomic E-state index is 0.196. The summed E-state index contributed by atoms with van der Waals surface area (Å²) in [5, 5.41) is 0. The van der Waals surface area contributed by atoms with Crippen LogP contribution in [0.5, 0.6) is 0 Å². The maximum absolute atomic E-state index is 5.52. The van der Waals surface area contributed by atoms with E-state index in [9.17, 15) is 0 Å². The van der Waals surface area contributed by atoms with Crippen LogP contribution in [0.15, 0.2) is 0 Å². The van der Waals surface area contributed by atoms with Crippen molar-refractivity contribution in [2.45, 2.75) is 78.0 Å². The molecule has 4 N–H and O–H groups in total. The van der Waals surface area contributed by atoms with Gasteiger partial charge in [0.2, 0.25) is 0 Å². The van der Waals surface area contributed by atoms with E-state index in [-0.39, 0.29) is 15.8 Å². The zero-order chi connectivity index (χ0) is 18.3. The molecule has 0 aliphatic heterocycles. The van der Waals surface area contributed by atoms with Gasteiger partial charge in [-0.3, -0.25) is 0 Å². The summed E-state index contributed by atoms with van der Waals surface area (Å²) in [6.07, 6.45) is 2.48. The molecule has 0 saturated heterocycles. The summed E-state index contributed by atoms with van der Waals surface area (Å²) in [5.41, 5.74) is 14.4. The van der Waals surface area contributed by atoms with Crippen molar-refractivity contribution in [2.75, 3.05) is 25.4 Å². The Kier molecular flexibility index (Phi) is 24.7. The number of hydrogen-bond donors (Lipinski definition) is 2. The van der Waals surface area contributed by atoms with Gasteiger partial charge in [0.25, 0.3) is 0 Å². The predicted octanol–water partition coefficient (Wildman–Crippen LogP) is 4.64. The van der Waals surface area contributed by atoms with Crippen molar-refractivity contribution in [1.29, 1.82) is 0 Å². The Hall–Kier alpha value is 1.72. The molecule has 0 aliphatic carbocycles. The van der Waals surface area contributed by atoms with Crippen molar-refractivity contribution in [2.24, 2.45) is 11.5 Å². The van der Waals surface area contributed by atoms with Crippen LogP contribution in [0.25, 0.3) is 0 Å². The Labute approximate surface area is 157 Å². The summed E-state index contributed by atoms with van der Waals surface area (Å²) in [4.78, 5) is 0. The Balaban J connectivity index is -0.000000294. The van der Waals surface area contributed by atoms with Crippen LogP contribution in [0.3, 0.4) is 0 Å². The van der Waals surface area contributed by atoms with Gasteiger partial charge in [-0.25, -0.2) is 0 Å². The van der Waals surface area contributed by atoms with E-state index in [1.54, 1.807) is 0 Å². The Morgan fingerprint density at radius 3 is 0.864 bits per heavy atom. The molecule has 0 aliphatic rings. The second-order valence-electron chi connectivity index (χ2n) is 6.43. The molecule has 0 aromatic heterocycles. The fraction of sp³-hybridized carbons (Fsp3) is 1.00. The first-order valence-corrected chi connectivity index (χ1v) is 14.9. The van der Waals surface area contributed by atoms with Gasteiger partial charge in [0.15, 0.2) is 0 Å². The van der Waals surface area contributed by atoms with Crippen LogP contribution in [0.2, 0.25) is 0 Å². The van der Waals surface area contributed by atoms with Crippen LogP contribution in [0, 0.1) is 0 Å². The third-order valence-corrected chi connectivity index (χ3v) is 10.3. The van der Waals surface area contributed by atoms with E-state index in [0.29, 0.717) is 0 Å². The summed E-state index contributed by atoms with van der Waals surface area (Å²) in [7, 11) is 5.09. The number of nitrogens with two attached hydrogens (primary N) is 2. The standard InChI is InChI=1S/2C8H20NP.ClH.Ir.2H/c2*1-7(2)10(6-5-9)8(3)4;;;;/h2*7-8H,5-6,9H2,1-4H3;1H;;;/q;;;+1;;/p-1. The fourth-order valence-corrected chi connectivity index (χ4v) is 7.57. The molecule has 0 spiro atoms. The van der Waals surface area contributed by atoms with Crippen LogP contribution in [0.1, 0.15) is 55.4 Å². The van der Waals surface area contributed by atoms with Crippen LogP contribution in [-0.2, 0) is 17.9 Å². The SMILES string of the molecule is CC(C)P(CCN)C(C)C.CC(C)P(CCN)C(C)C.[Cl][IrH2].